The highest BCUT2D eigenvalue weighted by atomic mass is 16.5. The van der Waals surface area contributed by atoms with E-state index in [4.69, 9.17) is 9.47 Å². The van der Waals surface area contributed by atoms with Crippen LogP contribution in [0.3, 0.4) is 0 Å². The number of aromatic amines is 1. The average molecular weight is 430 g/mol. The number of carbonyl (C=O) groups excluding carboxylic acids is 1. The number of anilines is 1. The van der Waals surface area contributed by atoms with E-state index in [1.54, 1.807) is 56.7 Å². The van der Waals surface area contributed by atoms with Crippen LogP contribution >= 0.6 is 0 Å². The molecule has 4 rings (SSSR count). The molecule has 0 fully saturated rings. The molecule has 0 spiro atoms. The van der Waals surface area contributed by atoms with Crippen LogP contribution in [0.2, 0.25) is 0 Å². The van der Waals surface area contributed by atoms with E-state index in [-0.39, 0.29) is 12.3 Å². The Hall–Kier alpha value is -4.33. The standard InChI is InChI=1S/C24H22N4O4/c1-31-19-12-13-20(21(15-19)32-2)23-26-27-24(30)28(23)18-10-8-17(9-11-18)25-22(29)14-16-6-4-3-5-7-16/h3-13,15H,14H2,1-2H3,(H,25,29)(H,27,30). The van der Waals surface area contributed by atoms with Crippen molar-refractivity contribution >= 4 is 11.6 Å². The van der Waals surface area contributed by atoms with E-state index in [0.29, 0.717) is 34.3 Å². The summed E-state index contributed by atoms with van der Waals surface area (Å²) < 4.78 is 12.1. The van der Waals surface area contributed by atoms with Gasteiger partial charge in [0.25, 0.3) is 0 Å². The van der Waals surface area contributed by atoms with E-state index in [2.05, 4.69) is 15.5 Å². The van der Waals surface area contributed by atoms with Crippen LogP contribution in [0, 0.1) is 0 Å². The maximum atomic E-state index is 12.5. The number of ether oxygens (including phenoxy) is 2. The van der Waals surface area contributed by atoms with Gasteiger partial charge in [-0.1, -0.05) is 30.3 Å². The van der Waals surface area contributed by atoms with Gasteiger partial charge in [0.2, 0.25) is 5.91 Å². The summed E-state index contributed by atoms with van der Waals surface area (Å²) in [7, 11) is 3.11. The van der Waals surface area contributed by atoms with Gasteiger partial charge in [-0.05, 0) is 42.0 Å². The number of nitrogens with zero attached hydrogens (tertiary/aromatic N) is 2. The van der Waals surface area contributed by atoms with E-state index in [0.717, 1.165) is 5.56 Å². The second kappa shape index (κ2) is 9.22. The highest BCUT2D eigenvalue weighted by Gasteiger charge is 2.17. The molecule has 1 amide bonds. The van der Waals surface area contributed by atoms with Gasteiger partial charge in [0.05, 0.1) is 31.9 Å². The van der Waals surface area contributed by atoms with Gasteiger partial charge in [0.1, 0.15) is 11.5 Å². The van der Waals surface area contributed by atoms with Crippen molar-refractivity contribution in [2.45, 2.75) is 6.42 Å². The monoisotopic (exact) mass is 430 g/mol. The molecule has 0 atom stereocenters. The number of aromatic nitrogens is 3. The maximum Gasteiger partial charge on any atom is 0.348 e. The Labute approximate surface area is 184 Å². The molecule has 8 nitrogen and oxygen atoms in total. The minimum Gasteiger partial charge on any atom is -0.497 e. The summed E-state index contributed by atoms with van der Waals surface area (Å²) >= 11 is 0. The Morgan fingerprint density at radius 3 is 2.44 bits per heavy atom. The molecule has 0 saturated heterocycles. The molecule has 162 valence electrons. The summed E-state index contributed by atoms with van der Waals surface area (Å²) in [4.78, 5) is 24.8. The van der Waals surface area contributed by atoms with Crippen LogP contribution in [0.5, 0.6) is 11.5 Å². The zero-order valence-electron chi connectivity index (χ0n) is 17.7. The van der Waals surface area contributed by atoms with Crippen molar-refractivity contribution in [1.82, 2.24) is 14.8 Å². The number of hydrogen-bond acceptors (Lipinski definition) is 5. The lowest BCUT2D eigenvalue weighted by molar-refractivity contribution is -0.115. The van der Waals surface area contributed by atoms with Crippen molar-refractivity contribution in [2.75, 3.05) is 19.5 Å². The molecule has 4 aromatic rings. The summed E-state index contributed by atoms with van der Waals surface area (Å²) in [5.41, 5.74) is 2.41. The van der Waals surface area contributed by atoms with Gasteiger partial charge in [-0.3, -0.25) is 4.79 Å². The number of rotatable bonds is 7. The zero-order chi connectivity index (χ0) is 22.5. The van der Waals surface area contributed by atoms with E-state index in [1.807, 2.05) is 30.3 Å². The third kappa shape index (κ3) is 4.39. The van der Waals surface area contributed by atoms with Gasteiger partial charge >= 0.3 is 5.69 Å². The molecule has 0 radical (unpaired) electrons. The molecule has 0 saturated carbocycles. The molecular formula is C24H22N4O4. The lowest BCUT2D eigenvalue weighted by Gasteiger charge is -2.12. The summed E-state index contributed by atoms with van der Waals surface area (Å²) in [5, 5.41) is 9.54. The van der Waals surface area contributed by atoms with Crippen molar-refractivity contribution in [3.05, 3.63) is 88.8 Å². The highest BCUT2D eigenvalue weighted by Crippen LogP contribution is 2.32. The van der Waals surface area contributed by atoms with Gasteiger partial charge in [0, 0.05) is 11.8 Å². The van der Waals surface area contributed by atoms with Crippen LogP contribution in [-0.4, -0.2) is 34.9 Å². The van der Waals surface area contributed by atoms with Crippen LogP contribution in [-0.2, 0) is 11.2 Å². The van der Waals surface area contributed by atoms with Crippen LogP contribution in [0.25, 0.3) is 17.1 Å². The fraction of sp³-hybridized carbons (Fsp3) is 0.125. The largest absolute Gasteiger partial charge is 0.497 e. The van der Waals surface area contributed by atoms with Gasteiger partial charge in [0.15, 0.2) is 5.82 Å². The normalized spacial score (nSPS) is 10.6. The molecule has 3 aromatic carbocycles. The van der Waals surface area contributed by atoms with E-state index in [1.165, 1.54) is 4.57 Å². The maximum absolute atomic E-state index is 12.5. The van der Waals surface area contributed by atoms with Crippen molar-refractivity contribution in [3.63, 3.8) is 0 Å². The molecule has 0 aliphatic carbocycles. The van der Waals surface area contributed by atoms with Gasteiger partial charge in [-0.25, -0.2) is 14.5 Å². The Morgan fingerprint density at radius 1 is 1.00 bits per heavy atom. The second-order valence-corrected chi connectivity index (χ2v) is 7.01. The molecule has 0 bridgehead atoms. The quantitative estimate of drug-likeness (QED) is 0.468. The van der Waals surface area contributed by atoms with Crippen molar-refractivity contribution < 1.29 is 14.3 Å². The van der Waals surface area contributed by atoms with E-state index >= 15 is 0 Å². The first-order valence-electron chi connectivity index (χ1n) is 9.93. The Bertz CT molecular complexity index is 1280. The molecule has 1 heterocycles. The first-order valence-corrected chi connectivity index (χ1v) is 9.93. The minimum atomic E-state index is -0.390. The third-order valence-electron chi connectivity index (χ3n) is 4.94. The number of H-pyrrole nitrogens is 1. The summed E-state index contributed by atoms with van der Waals surface area (Å²) in [6.07, 6.45) is 0.283. The van der Waals surface area contributed by atoms with E-state index in [9.17, 15) is 9.59 Å². The predicted octanol–water partition coefficient (Wildman–Crippen LogP) is 3.43. The molecule has 1 aromatic heterocycles. The Morgan fingerprint density at radius 2 is 1.75 bits per heavy atom. The third-order valence-corrected chi connectivity index (χ3v) is 4.94. The molecule has 32 heavy (non-hydrogen) atoms. The van der Waals surface area contributed by atoms with Gasteiger partial charge < -0.3 is 14.8 Å². The number of methoxy groups -OCH3 is 2. The van der Waals surface area contributed by atoms with Gasteiger partial charge in [-0.15, -0.1) is 0 Å². The lowest BCUT2D eigenvalue weighted by Crippen LogP contribution is -2.16. The van der Waals surface area contributed by atoms with Crippen molar-refractivity contribution in [2.24, 2.45) is 0 Å². The molecule has 2 N–H and O–H groups in total. The van der Waals surface area contributed by atoms with Crippen LogP contribution < -0.4 is 20.5 Å². The Balaban J connectivity index is 1.59. The predicted molar refractivity (Wildman–Crippen MR) is 122 cm³/mol. The fourth-order valence-corrected chi connectivity index (χ4v) is 3.38. The molecular weight excluding hydrogens is 408 g/mol. The number of nitrogens with one attached hydrogen (secondary N) is 2. The second-order valence-electron chi connectivity index (χ2n) is 7.01. The fourth-order valence-electron chi connectivity index (χ4n) is 3.38. The molecule has 0 aliphatic heterocycles. The molecule has 0 unspecified atom stereocenters. The zero-order valence-corrected chi connectivity index (χ0v) is 17.7. The average Bonchev–Trinajstić information content (AvgIpc) is 3.20. The smallest absolute Gasteiger partial charge is 0.348 e. The summed E-state index contributed by atoms with van der Waals surface area (Å²) in [6.45, 7) is 0. The highest BCUT2D eigenvalue weighted by molar-refractivity contribution is 5.92. The number of carbonyl (C=O) groups is 1. The van der Waals surface area contributed by atoms with Crippen molar-refractivity contribution in [3.8, 4) is 28.6 Å². The van der Waals surface area contributed by atoms with Crippen molar-refractivity contribution in [1.29, 1.82) is 0 Å². The summed E-state index contributed by atoms with van der Waals surface area (Å²) in [5.74, 6) is 1.43. The first-order chi connectivity index (χ1) is 15.6. The van der Waals surface area contributed by atoms with Crippen LogP contribution in [0.15, 0.2) is 77.6 Å². The Kier molecular flexibility index (Phi) is 6.03. The van der Waals surface area contributed by atoms with Crippen LogP contribution in [0.1, 0.15) is 5.56 Å². The number of amides is 1. The first kappa shape index (κ1) is 20.9. The molecule has 0 aliphatic rings. The SMILES string of the molecule is COc1ccc(-c2n[nH]c(=O)n2-c2ccc(NC(=O)Cc3ccccc3)cc2)c(OC)c1. The molecule has 8 heteroatoms. The number of benzene rings is 3. The lowest BCUT2D eigenvalue weighted by atomic mass is 10.1. The topological polar surface area (TPSA) is 98.2 Å². The van der Waals surface area contributed by atoms with Gasteiger partial charge in [-0.2, -0.15) is 5.10 Å². The van der Waals surface area contributed by atoms with Crippen LogP contribution in [0.4, 0.5) is 5.69 Å². The summed E-state index contributed by atoms with van der Waals surface area (Å²) in [6, 6.07) is 21.8. The number of hydrogen-bond donors (Lipinski definition) is 2. The van der Waals surface area contributed by atoms with E-state index < -0.39 is 5.69 Å². The minimum absolute atomic E-state index is 0.118.